The molecule has 4 heteroatoms. The second-order valence-electron chi connectivity index (χ2n) is 9.72. The number of carbonyl (C=O) groups excluding carboxylic acids is 1. The Balaban J connectivity index is 1.10. The van der Waals surface area contributed by atoms with Gasteiger partial charge in [0, 0.05) is 24.4 Å². The first-order valence-corrected chi connectivity index (χ1v) is 11.8. The third kappa shape index (κ3) is 3.77. The van der Waals surface area contributed by atoms with E-state index >= 15 is 0 Å². The number of hydrogen-bond donors (Lipinski definition) is 0. The maximum absolute atomic E-state index is 12.5. The molecule has 158 valence electrons. The zero-order valence-electron chi connectivity index (χ0n) is 18.0. The van der Waals surface area contributed by atoms with Crippen molar-refractivity contribution in [3.8, 4) is 16.9 Å². The van der Waals surface area contributed by atoms with Crippen molar-refractivity contribution < 1.29 is 9.53 Å². The molecule has 3 aliphatic rings. The van der Waals surface area contributed by atoms with Gasteiger partial charge in [0.1, 0.15) is 11.6 Å². The topological polar surface area (TPSA) is 52.1 Å². The lowest BCUT2D eigenvalue weighted by molar-refractivity contribution is -0.136. The Labute approximate surface area is 179 Å². The van der Waals surface area contributed by atoms with Gasteiger partial charge in [-0.2, -0.15) is 0 Å². The summed E-state index contributed by atoms with van der Waals surface area (Å²) in [6.07, 6.45) is 17.4. The van der Waals surface area contributed by atoms with Gasteiger partial charge in [0.15, 0.2) is 0 Å². The number of fused-ring (bicyclic) bond motifs is 1. The van der Waals surface area contributed by atoms with Crippen molar-refractivity contribution in [1.82, 2.24) is 9.97 Å². The normalized spacial score (nSPS) is 24.8. The number of aromatic nitrogens is 2. The molecule has 1 heterocycles. The highest BCUT2D eigenvalue weighted by Gasteiger charge is 2.85. The van der Waals surface area contributed by atoms with E-state index in [1.807, 2.05) is 36.7 Å². The van der Waals surface area contributed by atoms with E-state index in [1.54, 1.807) is 0 Å². The van der Waals surface area contributed by atoms with Gasteiger partial charge in [-0.15, -0.1) is 0 Å². The highest BCUT2D eigenvalue weighted by molar-refractivity contribution is 5.81. The smallest absolute Gasteiger partial charge is 0.314 e. The van der Waals surface area contributed by atoms with Crippen LogP contribution in [0.4, 0.5) is 0 Å². The molecule has 0 N–H and O–H groups in total. The number of carbonyl (C=O) groups is 1. The molecule has 0 aliphatic heterocycles. The van der Waals surface area contributed by atoms with Crippen LogP contribution in [0.1, 0.15) is 77.0 Å². The quantitative estimate of drug-likeness (QED) is 0.271. The predicted octanol–water partition coefficient (Wildman–Crippen LogP) is 6.14. The minimum atomic E-state index is -0.0334. The largest absolute Gasteiger partial charge is 0.426 e. The number of benzene rings is 1. The van der Waals surface area contributed by atoms with E-state index in [1.165, 1.54) is 51.4 Å². The van der Waals surface area contributed by atoms with Crippen molar-refractivity contribution in [3.63, 3.8) is 0 Å². The van der Waals surface area contributed by atoms with E-state index in [0.29, 0.717) is 16.6 Å². The van der Waals surface area contributed by atoms with E-state index in [-0.39, 0.29) is 11.9 Å². The van der Waals surface area contributed by atoms with Gasteiger partial charge in [-0.25, -0.2) is 9.97 Å². The Morgan fingerprint density at radius 3 is 2.37 bits per heavy atom. The van der Waals surface area contributed by atoms with E-state index in [9.17, 15) is 4.79 Å². The van der Waals surface area contributed by atoms with E-state index in [4.69, 9.17) is 4.74 Å². The van der Waals surface area contributed by atoms with Crippen LogP contribution in [0.2, 0.25) is 0 Å². The van der Waals surface area contributed by atoms with Crippen molar-refractivity contribution in [2.24, 2.45) is 16.7 Å². The zero-order chi connectivity index (χ0) is 20.6. The minimum Gasteiger partial charge on any atom is -0.426 e. The lowest BCUT2D eigenvalue weighted by Gasteiger charge is -2.06. The summed E-state index contributed by atoms with van der Waals surface area (Å²) in [5.41, 5.74) is 2.94. The molecule has 3 saturated carbocycles. The summed E-state index contributed by atoms with van der Waals surface area (Å²) in [5, 5.41) is 0. The zero-order valence-corrected chi connectivity index (χ0v) is 18.0. The molecule has 2 spiro atoms. The summed E-state index contributed by atoms with van der Waals surface area (Å²) in [5.74, 6) is 1.67. The van der Waals surface area contributed by atoms with Crippen LogP contribution in [-0.2, 0) is 11.2 Å². The molecule has 0 unspecified atom stereocenters. The second-order valence-corrected chi connectivity index (χ2v) is 9.72. The van der Waals surface area contributed by atoms with Gasteiger partial charge in [-0.1, -0.05) is 51.2 Å². The molecule has 3 aliphatic carbocycles. The highest BCUT2D eigenvalue weighted by Crippen LogP contribution is 2.91. The van der Waals surface area contributed by atoms with E-state index in [2.05, 4.69) is 16.9 Å². The Kier molecular flexibility index (Phi) is 5.12. The fourth-order valence-corrected chi connectivity index (χ4v) is 5.38. The molecule has 0 bridgehead atoms. The Bertz CT molecular complexity index is 902. The molecule has 2 aromatic rings. The van der Waals surface area contributed by atoms with Crippen molar-refractivity contribution in [1.29, 1.82) is 0 Å². The lowest BCUT2D eigenvalue weighted by atomic mass is 10.1. The van der Waals surface area contributed by atoms with Crippen molar-refractivity contribution in [3.05, 3.63) is 42.5 Å². The SMILES string of the molecule is CCCCCCCCc1ncc(-c2ccc(OC(=O)[C@@H]3C[C@@]34CC43CC3)cc2)cn1. The third-order valence-electron chi connectivity index (χ3n) is 7.66. The Morgan fingerprint density at radius 1 is 1.00 bits per heavy atom. The first kappa shape index (κ1) is 19.7. The lowest BCUT2D eigenvalue weighted by Crippen LogP contribution is -2.12. The van der Waals surface area contributed by atoms with Crippen LogP contribution in [0.15, 0.2) is 36.7 Å². The average molecular weight is 405 g/mol. The fraction of sp³-hybridized carbons (Fsp3) is 0.577. The van der Waals surface area contributed by atoms with Gasteiger partial charge in [0.25, 0.3) is 0 Å². The monoisotopic (exact) mass is 404 g/mol. The molecule has 0 saturated heterocycles. The molecule has 3 fully saturated rings. The van der Waals surface area contributed by atoms with Crippen molar-refractivity contribution in [2.75, 3.05) is 0 Å². The molecule has 2 atom stereocenters. The summed E-state index contributed by atoms with van der Waals surface area (Å²) in [6.45, 7) is 2.25. The van der Waals surface area contributed by atoms with E-state index < -0.39 is 0 Å². The van der Waals surface area contributed by atoms with Crippen LogP contribution in [-0.4, -0.2) is 15.9 Å². The summed E-state index contributed by atoms with van der Waals surface area (Å²) in [4.78, 5) is 21.5. The molecule has 0 amide bonds. The van der Waals surface area contributed by atoms with Gasteiger partial charge < -0.3 is 4.74 Å². The van der Waals surface area contributed by atoms with Gasteiger partial charge >= 0.3 is 5.97 Å². The number of nitrogens with zero attached hydrogens (tertiary/aromatic N) is 2. The molecule has 30 heavy (non-hydrogen) atoms. The Hall–Kier alpha value is -2.23. The maximum atomic E-state index is 12.5. The fourth-order valence-electron chi connectivity index (χ4n) is 5.38. The van der Waals surface area contributed by atoms with Gasteiger partial charge in [-0.05, 0) is 60.6 Å². The first-order valence-electron chi connectivity index (χ1n) is 11.8. The second kappa shape index (κ2) is 7.79. The van der Waals surface area contributed by atoms with Crippen LogP contribution in [0, 0.1) is 16.7 Å². The molecule has 1 aromatic heterocycles. The number of rotatable bonds is 10. The first-order chi connectivity index (χ1) is 14.7. The molecule has 1 aromatic carbocycles. The molecule has 5 rings (SSSR count). The molecule has 4 nitrogen and oxygen atoms in total. The number of aryl methyl sites for hydroxylation is 1. The number of esters is 1. The summed E-state index contributed by atoms with van der Waals surface area (Å²) < 4.78 is 5.65. The standard InChI is InChI=1S/C26H32N2O2/c1-2-3-4-5-6-7-8-23-27-16-20(17-28-23)19-9-11-21(12-10-19)30-24(29)22-15-26(22)18-25(26)13-14-25/h9-12,16-17,22H,2-8,13-15,18H2,1H3/t22-,26+/m0/s1. The number of unbranched alkanes of at least 4 members (excludes halogenated alkanes) is 5. The van der Waals surface area contributed by atoms with Gasteiger partial charge in [-0.3, -0.25) is 4.79 Å². The average Bonchev–Trinajstić information content (AvgIpc) is 3.71. The van der Waals surface area contributed by atoms with Crippen LogP contribution >= 0.6 is 0 Å². The Morgan fingerprint density at radius 2 is 1.70 bits per heavy atom. The van der Waals surface area contributed by atoms with Crippen LogP contribution in [0.25, 0.3) is 11.1 Å². The van der Waals surface area contributed by atoms with Gasteiger partial charge in [0.2, 0.25) is 0 Å². The van der Waals surface area contributed by atoms with Crippen molar-refractivity contribution >= 4 is 5.97 Å². The van der Waals surface area contributed by atoms with Crippen LogP contribution in [0.5, 0.6) is 5.75 Å². The van der Waals surface area contributed by atoms with Crippen molar-refractivity contribution in [2.45, 2.75) is 77.6 Å². The summed E-state index contributed by atoms with van der Waals surface area (Å²) in [6, 6.07) is 7.73. The molecular weight excluding hydrogens is 372 g/mol. The third-order valence-corrected chi connectivity index (χ3v) is 7.66. The van der Waals surface area contributed by atoms with Crippen LogP contribution in [0.3, 0.4) is 0 Å². The number of hydrogen-bond acceptors (Lipinski definition) is 4. The van der Waals surface area contributed by atoms with Gasteiger partial charge in [0.05, 0.1) is 5.92 Å². The minimum absolute atomic E-state index is 0.0334. The summed E-state index contributed by atoms with van der Waals surface area (Å²) >= 11 is 0. The number of ether oxygens (including phenoxy) is 1. The molecule has 0 radical (unpaired) electrons. The predicted molar refractivity (Wildman–Crippen MR) is 117 cm³/mol. The van der Waals surface area contributed by atoms with E-state index in [0.717, 1.165) is 36.2 Å². The highest BCUT2D eigenvalue weighted by atomic mass is 16.5. The molecular formula is C26H32N2O2. The summed E-state index contributed by atoms with van der Waals surface area (Å²) in [7, 11) is 0. The van der Waals surface area contributed by atoms with Crippen LogP contribution < -0.4 is 4.74 Å². The maximum Gasteiger partial charge on any atom is 0.314 e.